The van der Waals surface area contributed by atoms with Crippen molar-refractivity contribution < 1.29 is 9.13 Å². The van der Waals surface area contributed by atoms with Crippen molar-refractivity contribution in [2.75, 3.05) is 7.11 Å². The van der Waals surface area contributed by atoms with Crippen molar-refractivity contribution in [2.45, 2.75) is 26.4 Å². The third kappa shape index (κ3) is 4.03. The zero-order valence-electron chi connectivity index (χ0n) is 15.0. The first-order valence-electron chi connectivity index (χ1n) is 8.38. The minimum absolute atomic E-state index is 0.0212. The molecule has 0 unspecified atom stereocenters. The van der Waals surface area contributed by atoms with Gasteiger partial charge in [-0.1, -0.05) is 0 Å². The van der Waals surface area contributed by atoms with E-state index < -0.39 is 0 Å². The van der Waals surface area contributed by atoms with Crippen LogP contribution in [0.4, 0.5) is 4.39 Å². The lowest BCUT2D eigenvalue weighted by Gasteiger charge is -2.17. The van der Waals surface area contributed by atoms with Crippen LogP contribution in [0.2, 0.25) is 0 Å². The molecule has 0 fully saturated rings. The molecule has 0 bridgehead atoms. The van der Waals surface area contributed by atoms with Crippen LogP contribution < -0.4 is 10.1 Å². The topological polar surface area (TPSA) is 59.9 Å². The Morgan fingerprint density at radius 3 is 2.65 bits per heavy atom. The van der Waals surface area contributed by atoms with Crippen LogP contribution >= 0.6 is 0 Å². The Morgan fingerprint density at radius 2 is 1.96 bits per heavy atom. The molecule has 2 aromatic heterocycles. The average molecular weight is 352 g/mol. The highest BCUT2D eigenvalue weighted by Gasteiger charge is 2.13. The van der Waals surface area contributed by atoms with E-state index in [1.54, 1.807) is 31.6 Å². The largest absolute Gasteiger partial charge is 0.497 e. The fraction of sp³-hybridized carbons (Fsp3) is 0.250. The number of aryl methyl sites for hydroxylation is 1. The van der Waals surface area contributed by atoms with Gasteiger partial charge in [0, 0.05) is 53.6 Å². The smallest absolute Gasteiger partial charge is 0.159 e. The summed E-state index contributed by atoms with van der Waals surface area (Å²) in [6.07, 6.45) is 5.25. The first-order valence-corrected chi connectivity index (χ1v) is 8.38. The van der Waals surface area contributed by atoms with Gasteiger partial charge < -0.3 is 10.1 Å². The molecule has 1 N–H and O–H groups in total. The molecule has 6 heteroatoms. The van der Waals surface area contributed by atoms with Gasteiger partial charge in [0.2, 0.25) is 0 Å². The molecule has 5 nitrogen and oxygen atoms in total. The summed E-state index contributed by atoms with van der Waals surface area (Å²) in [6.45, 7) is 4.34. The highest BCUT2D eigenvalue weighted by molar-refractivity contribution is 5.53. The van der Waals surface area contributed by atoms with Crippen molar-refractivity contribution in [1.29, 1.82) is 0 Å². The Balaban J connectivity index is 1.73. The summed E-state index contributed by atoms with van der Waals surface area (Å²) in [7, 11) is 1.57. The average Bonchev–Trinajstić information content (AvgIpc) is 2.67. The second-order valence-corrected chi connectivity index (χ2v) is 6.03. The predicted octanol–water partition coefficient (Wildman–Crippen LogP) is 3.85. The Hall–Kier alpha value is -2.86. The molecule has 3 rings (SSSR count). The second kappa shape index (κ2) is 8.01. The summed E-state index contributed by atoms with van der Waals surface area (Å²) in [5.41, 5.74) is 3.35. The molecule has 0 saturated carbocycles. The maximum atomic E-state index is 14.0. The van der Waals surface area contributed by atoms with Crippen LogP contribution in [0.5, 0.6) is 5.75 Å². The second-order valence-electron chi connectivity index (χ2n) is 6.03. The number of pyridine rings is 1. The number of hydrogen-bond donors (Lipinski definition) is 1. The lowest BCUT2D eigenvalue weighted by molar-refractivity contribution is 0.412. The lowest BCUT2D eigenvalue weighted by Crippen LogP contribution is -2.20. The van der Waals surface area contributed by atoms with Crippen LogP contribution in [-0.4, -0.2) is 22.1 Å². The molecular formula is C20H21FN4O. The monoisotopic (exact) mass is 352 g/mol. The highest BCUT2D eigenvalue weighted by Crippen LogP contribution is 2.21. The van der Waals surface area contributed by atoms with Crippen molar-refractivity contribution >= 4 is 0 Å². The Kier molecular flexibility index (Phi) is 5.53. The maximum Gasteiger partial charge on any atom is 0.159 e. The van der Waals surface area contributed by atoms with E-state index in [1.807, 2.05) is 32.2 Å². The summed E-state index contributed by atoms with van der Waals surface area (Å²) < 4.78 is 19.1. The molecule has 0 aliphatic carbocycles. The van der Waals surface area contributed by atoms with E-state index in [2.05, 4.69) is 20.3 Å². The van der Waals surface area contributed by atoms with Crippen LogP contribution in [-0.2, 0) is 6.54 Å². The van der Waals surface area contributed by atoms with Crippen molar-refractivity contribution in [3.63, 3.8) is 0 Å². The number of rotatable bonds is 6. The van der Waals surface area contributed by atoms with Crippen LogP contribution in [0.1, 0.15) is 29.8 Å². The molecule has 0 radical (unpaired) electrons. The van der Waals surface area contributed by atoms with E-state index in [4.69, 9.17) is 4.74 Å². The van der Waals surface area contributed by atoms with E-state index in [0.29, 0.717) is 23.7 Å². The molecule has 1 atom stereocenters. The van der Waals surface area contributed by atoms with Crippen LogP contribution in [0.3, 0.4) is 0 Å². The van der Waals surface area contributed by atoms with E-state index in [1.165, 1.54) is 6.07 Å². The maximum absolute atomic E-state index is 14.0. The van der Waals surface area contributed by atoms with E-state index in [0.717, 1.165) is 16.8 Å². The summed E-state index contributed by atoms with van der Waals surface area (Å²) in [5, 5.41) is 3.32. The van der Waals surface area contributed by atoms with E-state index in [-0.39, 0.29) is 11.9 Å². The molecule has 0 spiro atoms. The normalized spacial score (nSPS) is 12.0. The van der Waals surface area contributed by atoms with Gasteiger partial charge in [0.15, 0.2) is 5.82 Å². The SMILES string of the molecule is COc1ccc(F)c(CN[C@H](C)c2cnc(-c3ccncc3)nc2C)c1. The Bertz CT molecular complexity index is 886. The molecule has 1 aromatic carbocycles. The van der Waals surface area contributed by atoms with Crippen LogP contribution in [0.25, 0.3) is 11.4 Å². The number of halogens is 1. The highest BCUT2D eigenvalue weighted by atomic mass is 19.1. The Morgan fingerprint density at radius 1 is 1.19 bits per heavy atom. The molecule has 134 valence electrons. The van der Waals surface area contributed by atoms with Gasteiger partial charge in [-0.15, -0.1) is 0 Å². The zero-order valence-corrected chi connectivity index (χ0v) is 15.0. The lowest BCUT2D eigenvalue weighted by atomic mass is 10.1. The van der Waals surface area contributed by atoms with Crippen LogP contribution in [0.15, 0.2) is 48.9 Å². The van der Waals surface area contributed by atoms with Crippen molar-refractivity contribution in [1.82, 2.24) is 20.3 Å². The third-order valence-electron chi connectivity index (χ3n) is 4.27. The number of benzene rings is 1. The van der Waals surface area contributed by atoms with Crippen molar-refractivity contribution in [3.8, 4) is 17.1 Å². The van der Waals surface area contributed by atoms with Gasteiger partial charge in [-0.05, 0) is 44.2 Å². The van der Waals surface area contributed by atoms with Gasteiger partial charge in [0.1, 0.15) is 11.6 Å². The number of aromatic nitrogens is 3. The fourth-order valence-electron chi connectivity index (χ4n) is 2.73. The summed E-state index contributed by atoms with van der Waals surface area (Å²) in [6, 6.07) is 8.46. The van der Waals surface area contributed by atoms with Gasteiger partial charge >= 0.3 is 0 Å². The Labute approximate surface area is 152 Å². The minimum atomic E-state index is -0.258. The summed E-state index contributed by atoms with van der Waals surface area (Å²) in [4.78, 5) is 13.1. The standard InChI is InChI=1S/C20H21FN4O/c1-13(23-11-16-10-17(26-3)4-5-19(16)21)18-12-24-20(25-14(18)2)15-6-8-22-9-7-15/h4-10,12-13,23H,11H2,1-3H3/t13-/m1/s1. The molecule has 2 heterocycles. The van der Waals surface area contributed by atoms with E-state index >= 15 is 0 Å². The molecule has 0 aliphatic rings. The van der Waals surface area contributed by atoms with Gasteiger partial charge in [-0.3, -0.25) is 4.98 Å². The van der Waals surface area contributed by atoms with Crippen molar-refractivity contribution in [2.24, 2.45) is 0 Å². The molecule has 0 amide bonds. The molecule has 26 heavy (non-hydrogen) atoms. The number of hydrogen-bond acceptors (Lipinski definition) is 5. The predicted molar refractivity (Wildman–Crippen MR) is 98.2 cm³/mol. The first-order chi connectivity index (χ1) is 12.6. The van der Waals surface area contributed by atoms with Gasteiger partial charge in [-0.25, -0.2) is 14.4 Å². The van der Waals surface area contributed by atoms with Gasteiger partial charge in [-0.2, -0.15) is 0 Å². The summed E-state index contributed by atoms with van der Waals surface area (Å²) >= 11 is 0. The quantitative estimate of drug-likeness (QED) is 0.730. The number of ether oxygens (including phenoxy) is 1. The fourth-order valence-corrected chi connectivity index (χ4v) is 2.73. The minimum Gasteiger partial charge on any atom is -0.497 e. The number of nitrogens with zero attached hydrogens (tertiary/aromatic N) is 3. The van der Waals surface area contributed by atoms with Gasteiger partial charge in [0.25, 0.3) is 0 Å². The molecule has 0 aliphatic heterocycles. The van der Waals surface area contributed by atoms with E-state index in [9.17, 15) is 4.39 Å². The van der Waals surface area contributed by atoms with Crippen molar-refractivity contribution in [3.05, 3.63) is 71.6 Å². The molecular weight excluding hydrogens is 331 g/mol. The third-order valence-corrected chi connectivity index (χ3v) is 4.27. The molecule has 0 saturated heterocycles. The zero-order chi connectivity index (χ0) is 18.5. The number of methoxy groups -OCH3 is 1. The number of nitrogens with one attached hydrogen (secondary N) is 1. The first kappa shape index (κ1) is 17.9. The van der Waals surface area contributed by atoms with Gasteiger partial charge in [0.05, 0.1) is 7.11 Å². The molecule has 3 aromatic rings. The summed E-state index contributed by atoms with van der Waals surface area (Å²) in [5.74, 6) is 1.04. The van der Waals surface area contributed by atoms with Crippen LogP contribution in [0, 0.1) is 12.7 Å².